The van der Waals surface area contributed by atoms with Crippen molar-refractivity contribution in [2.45, 2.75) is 43.0 Å². The van der Waals surface area contributed by atoms with E-state index in [1.165, 1.54) is 0 Å². The lowest BCUT2D eigenvalue weighted by molar-refractivity contribution is -0.382. The highest BCUT2D eigenvalue weighted by atomic mass is 32.2. The van der Waals surface area contributed by atoms with Crippen LogP contribution in [-0.4, -0.2) is 55.5 Å². The lowest BCUT2D eigenvalue weighted by Crippen LogP contribution is -2.63. The standard InChI is InChI=1S/C10H11F9N2O2S/c1-6(21-4-2-3-5-21)20-24(22,23)10(18,19)8(13,14)7(11,12)9(15,16)17/h2-5H2,1H3/b20-6+. The number of nitrogens with zero attached hydrogens (tertiary/aromatic N) is 2. The minimum absolute atomic E-state index is 0.144. The Kier molecular flexibility index (Phi) is 5.16. The summed E-state index contributed by atoms with van der Waals surface area (Å²) in [4.78, 5) is 1.09. The number of amidine groups is 1. The predicted molar refractivity (Wildman–Crippen MR) is 63.7 cm³/mol. The van der Waals surface area contributed by atoms with E-state index < -0.39 is 39.1 Å². The second-order valence-corrected chi connectivity index (χ2v) is 6.62. The minimum atomic E-state index is -7.28. The van der Waals surface area contributed by atoms with Crippen LogP contribution >= 0.6 is 0 Å². The van der Waals surface area contributed by atoms with Gasteiger partial charge in [0.1, 0.15) is 5.84 Å². The van der Waals surface area contributed by atoms with Gasteiger partial charge in [-0.2, -0.15) is 47.9 Å². The largest absolute Gasteiger partial charge is 0.460 e. The highest BCUT2D eigenvalue weighted by Gasteiger charge is 2.85. The first kappa shape index (κ1) is 20.8. The van der Waals surface area contributed by atoms with E-state index in [0.29, 0.717) is 12.8 Å². The Bertz CT molecular complexity index is 606. The van der Waals surface area contributed by atoms with Crippen molar-refractivity contribution in [3.63, 3.8) is 0 Å². The van der Waals surface area contributed by atoms with E-state index in [4.69, 9.17) is 0 Å². The van der Waals surface area contributed by atoms with E-state index in [2.05, 4.69) is 4.40 Å². The number of hydrogen-bond acceptors (Lipinski definition) is 2. The van der Waals surface area contributed by atoms with Crippen LogP contribution in [0.3, 0.4) is 0 Å². The van der Waals surface area contributed by atoms with Crippen LogP contribution in [0, 0.1) is 0 Å². The van der Waals surface area contributed by atoms with Crippen LogP contribution in [0.4, 0.5) is 39.5 Å². The first-order valence-electron chi connectivity index (χ1n) is 6.25. The van der Waals surface area contributed by atoms with Crippen molar-refractivity contribution in [2.75, 3.05) is 13.1 Å². The molecular formula is C10H11F9N2O2S. The maximum Gasteiger partial charge on any atom is 0.460 e. The average Bonchev–Trinajstić information content (AvgIpc) is 2.89. The third kappa shape index (κ3) is 3.16. The fourth-order valence-corrected chi connectivity index (χ4v) is 2.88. The monoisotopic (exact) mass is 394 g/mol. The molecule has 1 rings (SSSR count). The molecule has 1 aliphatic heterocycles. The van der Waals surface area contributed by atoms with Gasteiger partial charge in [0.2, 0.25) is 0 Å². The molecule has 4 nitrogen and oxygen atoms in total. The molecule has 0 saturated carbocycles. The number of alkyl halides is 9. The fraction of sp³-hybridized carbons (Fsp3) is 0.900. The Labute approximate surface area is 130 Å². The van der Waals surface area contributed by atoms with Crippen molar-refractivity contribution in [3.05, 3.63) is 0 Å². The third-order valence-corrected chi connectivity index (χ3v) is 4.66. The van der Waals surface area contributed by atoms with E-state index in [9.17, 15) is 47.9 Å². The van der Waals surface area contributed by atoms with E-state index >= 15 is 0 Å². The molecule has 1 aliphatic rings. The van der Waals surface area contributed by atoms with Gasteiger partial charge in [0.05, 0.1) is 0 Å². The summed E-state index contributed by atoms with van der Waals surface area (Å²) < 4.78 is 139. The number of halogens is 9. The molecule has 142 valence electrons. The molecule has 1 heterocycles. The Morgan fingerprint density at radius 3 is 1.67 bits per heavy atom. The summed E-state index contributed by atoms with van der Waals surface area (Å²) in [6.07, 6.45) is -6.08. The molecule has 0 amide bonds. The van der Waals surface area contributed by atoms with Gasteiger partial charge in [0.25, 0.3) is 0 Å². The topological polar surface area (TPSA) is 49.7 Å². The van der Waals surface area contributed by atoms with Crippen molar-refractivity contribution in [2.24, 2.45) is 4.40 Å². The summed E-state index contributed by atoms with van der Waals surface area (Å²) in [5.41, 5.74) is 0. The van der Waals surface area contributed by atoms with Crippen LogP contribution in [0.25, 0.3) is 0 Å². The molecule has 0 N–H and O–H groups in total. The number of likely N-dealkylation sites (tertiary alicyclic amines) is 1. The molecule has 14 heteroatoms. The zero-order valence-electron chi connectivity index (χ0n) is 11.8. The third-order valence-electron chi connectivity index (χ3n) is 3.26. The van der Waals surface area contributed by atoms with Gasteiger partial charge < -0.3 is 4.90 Å². The molecule has 1 saturated heterocycles. The van der Waals surface area contributed by atoms with Gasteiger partial charge in [0.15, 0.2) is 0 Å². The second kappa shape index (κ2) is 5.95. The Morgan fingerprint density at radius 1 is 0.875 bits per heavy atom. The lowest BCUT2D eigenvalue weighted by Gasteiger charge is -2.32. The van der Waals surface area contributed by atoms with Gasteiger partial charge in [-0.3, -0.25) is 0 Å². The minimum Gasteiger partial charge on any atom is -0.360 e. The Balaban J connectivity index is 3.32. The van der Waals surface area contributed by atoms with E-state index in [1.54, 1.807) is 0 Å². The zero-order valence-corrected chi connectivity index (χ0v) is 12.7. The molecule has 0 aromatic carbocycles. The van der Waals surface area contributed by atoms with Crippen molar-refractivity contribution in [1.82, 2.24) is 4.90 Å². The first-order valence-corrected chi connectivity index (χ1v) is 7.69. The first-order chi connectivity index (χ1) is 10.5. The van der Waals surface area contributed by atoms with Crippen LogP contribution in [0.5, 0.6) is 0 Å². The quantitative estimate of drug-likeness (QED) is 0.418. The summed E-state index contributed by atoms with van der Waals surface area (Å²) in [6, 6.07) is 0. The normalized spacial score (nSPS) is 19.1. The summed E-state index contributed by atoms with van der Waals surface area (Å²) >= 11 is 0. The molecule has 0 bridgehead atoms. The molecule has 0 unspecified atom stereocenters. The van der Waals surface area contributed by atoms with E-state index in [1.807, 2.05) is 0 Å². The Morgan fingerprint density at radius 2 is 1.29 bits per heavy atom. The number of sulfonamides is 1. The predicted octanol–water partition coefficient (Wildman–Crippen LogP) is 3.26. The molecule has 0 aromatic heterocycles. The summed E-state index contributed by atoms with van der Waals surface area (Å²) in [6.45, 7) is 1.12. The maximum atomic E-state index is 13.4. The van der Waals surface area contributed by atoms with Gasteiger partial charge in [-0.15, -0.1) is 4.40 Å². The van der Waals surface area contributed by atoms with Crippen molar-refractivity contribution >= 4 is 15.9 Å². The summed E-state index contributed by atoms with van der Waals surface area (Å²) in [5.74, 6) is -15.3. The lowest BCUT2D eigenvalue weighted by atomic mass is 10.1. The molecule has 0 spiro atoms. The molecule has 0 aromatic rings. The van der Waals surface area contributed by atoms with Crippen LogP contribution in [0.15, 0.2) is 4.40 Å². The Hall–Kier alpha value is -1.21. The second-order valence-electron chi connectivity index (χ2n) is 4.97. The van der Waals surface area contributed by atoms with Gasteiger partial charge in [-0.05, 0) is 19.8 Å². The average molecular weight is 394 g/mol. The van der Waals surface area contributed by atoms with Gasteiger partial charge in [0, 0.05) is 13.1 Å². The maximum absolute atomic E-state index is 13.4. The molecule has 0 aliphatic carbocycles. The summed E-state index contributed by atoms with van der Waals surface area (Å²) in [7, 11) is -6.71. The molecule has 24 heavy (non-hydrogen) atoms. The molecule has 1 fully saturated rings. The highest BCUT2D eigenvalue weighted by molar-refractivity contribution is 7.91. The molecule has 0 radical (unpaired) electrons. The van der Waals surface area contributed by atoms with Gasteiger partial charge in [-0.1, -0.05) is 0 Å². The highest BCUT2D eigenvalue weighted by Crippen LogP contribution is 2.55. The fourth-order valence-electron chi connectivity index (χ4n) is 1.85. The molecule has 0 atom stereocenters. The van der Waals surface area contributed by atoms with Crippen LogP contribution < -0.4 is 0 Å². The van der Waals surface area contributed by atoms with Crippen molar-refractivity contribution in [3.8, 4) is 0 Å². The van der Waals surface area contributed by atoms with Crippen molar-refractivity contribution in [1.29, 1.82) is 0 Å². The van der Waals surface area contributed by atoms with Crippen molar-refractivity contribution < 1.29 is 47.9 Å². The summed E-state index contributed by atoms with van der Waals surface area (Å²) in [5, 5.41) is -6.78. The van der Waals surface area contributed by atoms with Crippen LogP contribution in [-0.2, 0) is 10.0 Å². The number of rotatable bonds is 4. The van der Waals surface area contributed by atoms with Crippen LogP contribution in [0.1, 0.15) is 19.8 Å². The van der Waals surface area contributed by atoms with Gasteiger partial charge >= 0.3 is 33.3 Å². The van der Waals surface area contributed by atoms with Crippen LogP contribution in [0.2, 0.25) is 0 Å². The van der Waals surface area contributed by atoms with E-state index in [-0.39, 0.29) is 13.1 Å². The SMILES string of the molecule is C/C(=N\S(=O)(=O)C(F)(F)C(F)(F)C(F)(F)C(F)(F)F)N1CCCC1. The zero-order chi connectivity index (χ0) is 19.2. The number of hydrogen-bond donors (Lipinski definition) is 0. The molecular weight excluding hydrogens is 383 g/mol. The van der Waals surface area contributed by atoms with E-state index in [0.717, 1.165) is 11.8 Å². The smallest absolute Gasteiger partial charge is 0.360 e. The van der Waals surface area contributed by atoms with Gasteiger partial charge in [-0.25, -0.2) is 0 Å².